The molecule has 0 fully saturated rings. The molecule has 2 atom stereocenters. The second-order valence-electron chi connectivity index (χ2n) is 3.65. The lowest BCUT2D eigenvalue weighted by Gasteiger charge is -2.13. The Labute approximate surface area is 89.2 Å². The van der Waals surface area contributed by atoms with Gasteiger partial charge in [0.05, 0.1) is 16.8 Å². The number of nitrogens with zero attached hydrogens (tertiary/aromatic N) is 1. The maximum Gasteiger partial charge on any atom is 0.0900 e. The molecule has 0 bridgehead atoms. The molecule has 0 aromatic carbocycles. The van der Waals surface area contributed by atoms with Crippen LogP contribution in [0.3, 0.4) is 0 Å². The lowest BCUT2D eigenvalue weighted by atomic mass is 10.2. The third kappa shape index (κ3) is 3.04. The van der Waals surface area contributed by atoms with Crippen LogP contribution in [-0.4, -0.2) is 22.7 Å². The molecular formula is C10H18N2OS. The first-order valence-electron chi connectivity index (χ1n) is 4.86. The van der Waals surface area contributed by atoms with Gasteiger partial charge in [-0.3, -0.25) is 0 Å². The Morgan fingerprint density at radius 1 is 1.43 bits per heavy atom. The molecule has 0 aliphatic carbocycles. The summed E-state index contributed by atoms with van der Waals surface area (Å²) in [6, 6.07) is 0.217. The predicted octanol–water partition coefficient (Wildman–Crippen LogP) is 1.79. The van der Waals surface area contributed by atoms with Gasteiger partial charge in [0.25, 0.3) is 0 Å². The highest BCUT2D eigenvalue weighted by Crippen LogP contribution is 2.22. The van der Waals surface area contributed by atoms with Gasteiger partial charge in [0.15, 0.2) is 0 Å². The van der Waals surface area contributed by atoms with Crippen molar-refractivity contribution in [2.24, 2.45) is 0 Å². The van der Waals surface area contributed by atoms with Gasteiger partial charge in [-0.15, -0.1) is 11.3 Å². The molecule has 1 rings (SSSR count). The highest BCUT2D eigenvalue weighted by molar-refractivity contribution is 7.11. The van der Waals surface area contributed by atoms with Crippen molar-refractivity contribution in [2.75, 3.05) is 6.54 Å². The van der Waals surface area contributed by atoms with E-state index in [-0.39, 0.29) is 12.1 Å². The standard InChI is InChI=1S/C10H18N2OS/c1-6(13)5-11-7(2)10-8(3)14-9(4)12-10/h6-7,11,13H,5H2,1-4H3/t6-,7?/m1/s1. The van der Waals surface area contributed by atoms with Crippen LogP contribution in [0.2, 0.25) is 0 Å². The van der Waals surface area contributed by atoms with Crippen molar-refractivity contribution < 1.29 is 5.11 Å². The molecule has 2 N–H and O–H groups in total. The summed E-state index contributed by atoms with van der Waals surface area (Å²) in [4.78, 5) is 5.72. The number of aliphatic hydroxyl groups excluding tert-OH is 1. The van der Waals surface area contributed by atoms with Crippen LogP contribution < -0.4 is 5.32 Å². The zero-order valence-corrected chi connectivity index (χ0v) is 9.98. The molecule has 0 aliphatic rings. The van der Waals surface area contributed by atoms with Crippen molar-refractivity contribution >= 4 is 11.3 Å². The van der Waals surface area contributed by atoms with E-state index in [1.807, 2.05) is 6.92 Å². The van der Waals surface area contributed by atoms with Gasteiger partial charge in [-0.1, -0.05) is 0 Å². The van der Waals surface area contributed by atoms with Gasteiger partial charge in [0.1, 0.15) is 0 Å². The third-order valence-corrected chi connectivity index (χ3v) is 2.97. The van der Waals surface area contributed by atoms with Gasteiger partial charge in [-0.05, 0) is 27.7 Å². The number of aliphatic hydroxyl groups is 1. The lowest BCUT2D eigenvalue weighted by Crippen LogP contribution is -2.27. The molecule has 0 saturated heterocycles. The molecule has 0 aliphatic heterocycles. The molecule has 3 nitrogen and oxygen atoms in total. The number of hydrogen-bond donors (Lipinski definition) is 2. The number of aryl methyl sites for hydroxylation is 2. The summed E-state index contributed by atoms with van der Waals surface area (Å²) in [5, 5.41) is 13.5. The number of thiazole rings is 1. The third-order valence-electron chi connectivity index (χ3n) is 2.07. The summed E-state index contributed by atoms with van der Waals surface area (Å²) < 4.78 is 0. The Kier molecular flexibility index (Phi) is 4.04. The highest BCUT2D eigenvalue weighted by atomic mass is 32.1. The van der Waals surface area contributed by atoms with E-state index in [1.165, 1.54) is 4.88 Å². The van der Waals surface area contributed by atoms with Crippen LogP contribution in [0.5, 0.6) is 0 Å². The molecule has 4 heteroatoms. The summed E-state index contributed by atoms with van der Waals surface area (Å²) in [6.45, 7) is 8.56. The van der Waals surface area contributed by atoms with E-state index in [1.54, 1.807) is 18.3 Å². The average Bonchev–Trinajstić information content (AvgIpc) is 2.41. The minimum absolute atomic E-state index is 0.217. The molecule has 0 spiro atoms. The highest BCUT2D eigenvalue weighted by Gasteiger charge is 2.12. The van der Waals surface area contributed by atoms with E-state index in [9.17, 15) is 0 Å². The summed E-state index contributed by atoms with van der Waals surface area (Å²) in [5.41, 5.74) is 1.10. The van der Waals surface area contributed by atoms with Crippen LogP contribution in [0.4, 0.5) is 0 Å². The van der Waals surface area contributed by atoms with E-state index in [0.717, 1.165) is 10.7 Å². The zero-order chi connectivity index (χ0) is 10.7. The van der Waals surface area contributed by atoms with Crippen molar-refractivity contribution in [2.45, 2.75) is 39.8 Å². The molecule has 0 saturated carbocycles. The molecule has 0 amide bonds. The van der Waals surface area contributed by atoms with E-state index in [2.05, 4.69) is 24.1 Å². The van der Waals surface area contributed by atoms with E-state index in [4.69, 9.17) is 5.11 Å². The fraction of sp³-hybridized carbons (Fsp3) is 0.700. The first-order chi connectivity index (χ1) is 6.50. The van der Waals surface area contributed by atoms with Crippen molar-refractivity contribution in [1.29, 1.82) is 0 Å². The number of rotatable bonds is 4. The lowest BCUT2D eigenvalue weighted by molar-refractivity contribution is 0.187. The van der Waals surface area contributed by atoms with Crippen LogP contribution in [0.15, 0.2) is 0 Å². The summed E-state index contributed by atoms with van der Waals surface area (Å²) in [6.07, 6.45) is -0.308. The Morgan fingerprint density at radius 2 is 2.07 bits per heavy atom. The van der Waals surface area contributed by atoms with Crippen LogP contribution in [0.1, 0.15) is 35.5 Å². The molecule has 14 heavy (non-hydrogen) atoms. The van der Waals surface area contributed by atoms with E-state index < -0.39 is 0 Å². The smallest absolute Gasteiger partial charge is 0.0900 e. The van der Waals surface area contributed by atoms with Gasteiger partial charge in [0, 0.05) is 17.5 Å². The quantitative estimate of drug-likeness (QED) is 0.803. The minimum atomic E-state index is -0.308. The van der Waals surface area contributed by atoms with Crippen LogP contribution in [0.25, 0.3) is 0 Å². The second-order valence-corrected chi connectivity index (χ2v) is 5.06. The fourth-order valence-corrected chi connectivity index (χ4v) is 2.30. The maximum atomic E-state index is 9.14. The van der Waals surface area contributed by atoms with Gasteiger partial charge in [-0.25, -0.2) is 4.98 Å². The molecule has 1 heterocycles. The molecule has 1 aromatic heterocycles. The number of aromatic nitrogens is 1. The Bertz CT molecular complexity index is 296. The van der Waals surface area contributed by atoms with Crippen molar-refractivity contribution in [1.82, 2.24) is 10.3 Å². The van der Waals surface area contributed by atoms with Crippen LogP contribution in [0, 0.1) is 13.8 Å². The summed E-state index contributed by atoms with van der Waals surface area (Å²) in [7, 11) is 0. The minimum Gasteiger partial charge on any atom is -0.392 e. The maximum absolute atomic E-state index is 9.14. The number of nitrogens with one attached hydrogen (secondary N) is 1. The van der Waals surface area contributed by atoms with Crippen molar-refractivity contribution in [3.05, 3.63) is 15.6 Å². The number of hydrogen-bond acceptors (Lipinski definition) is 4. The SMILES string of the molecule is Cc1nc(C(C)NC[C@@H](C)O)c(C)s1. The largest absolute Gasteiger partial charge is 0.392 e. The fourth-order valence-electron chi connectivity index (χ4n) is 1.39. The van der Waals surface area contributed by atoms with Gasteiger partial charge < -0.3 is 10.4 Å². The second kappa shape index (κ2) is 4.87. The van der Waals surface area contributed by atoms with E-state index in [0.29, 0.717) is 6.54 Å². The van der Waals surface area contributed by atoms with Gasteiger partial charge in [-0.2, -0.15) is 0 Å². The summed E-state index contributed by atoms with van der Waals surface area (Å²) >= 11 is 1.72. The first kappa shape index (κ1) is 11.6. The Balaban J connectivity index is 2.60. The zero-order valence-electron chi connectivity index (χ0n) is 9.16. The monoisotopic (exact) mass is 214 g/mol. The summed E-state index contributed by atoms with van der Waals surface area (Å²) in [5.74, 6) is 0. The molecular weight excluding hydrogens is 196 g/mol. The topological polar surface area (TPSA) is 45.2 Å². The Morgan fingerprint density at radius 3 is 2.50 bits per heavy atom. The van der Waals surface area contributed by atoms with Crippen molar-refractivity contribution in [3.8, 4) is 0 Å². The predicted molar refractivity (Wildman–Crippen MR) is 59.7 cm³/mol. The average molecular weight is 214 g/mol. The normalized spacial score (nSPS) is 15.5. The van der Waals surface area contributed by atoms with Gasteiger partial charge >= 0.3 is 0 Å². The van der Waals surface area contributed by atoms with E-state index >= 15 is 0 Å². The molecule has 0 radical (unpaired) electrons. The Hall–Kier alpha value is -0.450. The van der Waals surface area contributed by atoms with Crippen LogP contribution >= 0.6 is 11.3 Å². The van der Waals surface area contributed by atoms with Crippen LogP contribution in [-0.2, 0) is 0 Å². The molecule has 1 unspecified atom stereocenters. The van der Waals surface area contributed by atoms with Gasteiger partial charge in [0.2, 0.25) is 0 Å². The first-order valence-corrected chi connectivity index (χ1v) is 5.67. The van der Waals surface area contributed by atoms with Crippen molar-refractivity contribution in [3.63, 3.8) is 0 Å². The molecule has 80 valence electrons. The molecule has 1 aromatic rings.